The molecule has 1 aromatic rings. The molecule has 0 spiro atoms. The van der Waals surface area contributed by atoms with Gasteiger partial charge in [0.05, 0.1) is 0 Å². The van der Waals surface area contributed by atoms with Crippen LogP contribution in [0.5, 0.6) is 0 Å². The summed E-state index contributed by atoms with van der Waals surface area (Å²) in [5, 5.41) is 18.6. The average Bonchev–Trinajstić information content (AvgIpc) is 2.08. The number of hydrogen-bond donors (Lipinski definition) is 3. The minimum atomic E-state index is 0.959. The van der Waals surface area contributed by atoms with Crippen LogP contribution in [0.4, 0.5) is 0 Å². The fourth-order valence-corrected chi connectivity index (χ4v) is 0.800. The molecule has 0 aliphatic rings. The Morgan fingerprint density at radius 1 is 1.25 bits per heavy atom. The lowest BCUT2D eigenvalue weighted by Crippen LogP contribution is -2.04. The molecule has 0 fully saturated rings. The van der Waals surface area contributed by atoms with E-state index < -0.39 is 0 Å². The van der Waals surface area contributed by atoms with E-state index in [1.54, 1.807) is 0 Å². The van der Waals surface area contributed by atoms with Gasteiger partial charge in [-0.15, -0.1) is 0 Å². The summed E-state index contributed by atoms with van der Waals surface area (Å²) in [5.41, 5.74) is 1.33. The summed E-state index contributed by atoms with van der Waals surface area (Å²) in [5.74, 6) is 0. The molecule has 1 aromatic carbocycles. The van der Waals surface area contributed by atoms with Gasteiger partial charge in [0.2, 0.25) is 0 Å². The predicted octanol–water partition coefficient (Wildman–Crippen LogP) is 1.35. The van der Waals surface area contributed by atoms with Crippen molar-refractivity contribution in [1.29, 1.82) is 0 Å². The number of hydrogen-bond acceptors (Lipinski definition) is 4. The van der Waals surface area contributed by atoms with Crippen molar-refractivity contribution in [1.82, 2.24) is 5.32 Å². The minimum absolute atomic E-state index is 0.959. The van der Waals surface area contributed by atoms with Gasteiger partial charge in [-0.2, -0.15) is 0 Å². The third-order valence-electron chi connectivity index (χ3n) is 1.22. The Balaban J connectivity index is 0.000000354. The lowest BCUT2D eigenvalue weighted by molar-refractivity contribution is -0.465. The summed E-state index contributed by atoms with van der Waals surface area (Å²) in [6, 6.07) is 10.3. The summed E-state index contributed by atoms with van der Waals surface area (Å²) in [4.78, 5) is 0. The fraction of sp³-hybridized carbons (Fsp3) is 0.250. The molecule has 0 amide bonds. The van der Waals surface area contributed by atoms with Gasteiger partial charge in [0, 0.05) is 6.54 Å². The second-order valence-corrected chi connectivity index (χ2v) is 2.10. The van der Waals surface area contributed by atoms with Crippen molar-refractivity contribution in [3.63, 3.8) is 0 Å². The topological polar surface area (TPSA) is 61.7 Å². The highest BCUT2D eigenvalue weighted by Crippen LogP contribution is 1.95. The summed E-state index contributed by atoms with van der Waals surface area (Å²) in [6.45, 7) is 0.959. The van der Waals surface area contributed by atoms with Gasteiger partial charge < -0.3 is 5.32 Å². The highest BCUT2D eigenvalue weighted by Gasteiger charge is 1.83. The Labute approximate surface area is 71.3 Å². The first-order valence-corrected chi connectivity index (χ1v) is 3.48. The molecule has 0 aliphatic carbocycles. The van der Waals surface area contributed by atoms with Crippen LogP contribution in [-0.4, -0.2) is 17.6 Å². The highest BCUT2D eigenvalue weighted by molar-refractivity contribution is 5.13. The van der Waals surface area contributed by atoms with Gasteiger partial charge >= 0.3 is 0 Å². The summed E-state index contributed by atoms with van der Waals surface area (Å²) >= 11 is 0. The molecule has 0 aromatic heterocycles. The van der Waals surface area contributed by atoms with E-state index in [2.05, 4.69) is 22.5 Å². The van der Waals surface area contributed by atoms with Crippen LogP contribution >= 0.6 is 0 Å². The second kappa shape index (κ2) is 8.16. The maximum atomic E-state index is 6.62. The summed E-state index contributed by atoms with van der Waals surface area (Å²) in [6.07, 6.45) is 0. The second-order valence-electron chi connectivity index (χ2n) is 2.10. The Morgan fingerprint density at radius 3 is 2.17 bits per heavy atom. The molecule has 68 valence electrons. The molecule has 4 heteroatoms. The fourth-order valence-electron chi connectivity index (χ4n) is 0.800. The van der Waals surface area contributed by atoms with E-state index in [0.29, 0.717) is 0 Å². The largest absolute Gasteiger partial charge is 0.316 e. The van der Waals surface area contributed by atoms with E-state index in [9.17, 15) is 0 Å². The molecule has 0 unspecified atom stereocenters. The van der Waals surface area contributed by atoms with Crippen LogP contribution in [0.25, 0.3) is 0 Å². The van der Waals surface area contributed by atoms with Crippen molar-refractivity contribution < 1.29 is 15.6 Å². The van der Waals surface area contributed by atoms with E-state index in [4.69, 9.17) is 10.5 Å². The maximum Gasteiger partial charge on any atom is 0.0202 e. The van der Waals surface area contributed by atoms with Gasteiger partial charge in [0.1, 0.15) is 0 Å². The monoisotopic (exact) mass is 171 g/mol. The van der Waals surface area contributed by atoms with Crippen LogP contribution in [0.1, 0.15) is 5.56 Å². The lowest BCUT2D eigenvalue weighted by atomic mass is 10.2. The first-order chi connectivity index (χ1) is 5.85. The van der Waals surface area contributed by atoms with Crippen LogP contribution in [0.2, 0.25) is 0 Å². The maximum absolute atomic E-state index is 6.62. The molecule has 0 atom stereocenters. The van der Waals surface area contributed by atoms with E-state index in [0.717, 1.165) is 6.54 Å². The molecular formula is C8H13NO3. The molecule has 0 saturated heterocycles. The van der Waals surface area contributed by atoms with E-state index >= 15 is 0 Å². The van der Waals surface area contributed by atoms with Gasteiger partial charge in [-0.3, -0.25) is 0 Å². The standard InChI is InChI=1S/C8H11N.H2O3/c1-9-7-8-5-3-2-4-6-8;1-3-2/h2-6,9H,7H2,1H3;1-2H. The van der Waals surface area contributed by atoms with Crippen LogP contribution in [0.15, 0.2) is 30.3 Å². The molecule has 3 N–H and O–H groups in total. The first-order valence-electron chi connectivity index (χ1n) is 3.48. The third-order valence-corrected chi connectivity index (χ3v) is 1.22. The SMILES string of the molecule is CNCc1ccccc1.OOO. The molecule has 4 nitrogen and oxygen atoms in total. The number of benzene rings is 1. The highest BCUT2D eigenvalue weighted by atomic mass is 17.4. The Bertz CT molecular complexity index is 179. The minimum Gasteiger partial charge on any atom is -0.316 e. The van der Waals surface area contributed by atoms with Crippen molar-refractivity contribution in [3.8, 4) is 0 Å². The summed E-state index contributed by atoms with van der Waals surface area (Å²) < 4.78 is 0. The van der Waals surface area contributed by atoms with Crippen molar-refractivity contribution in [2.45, 2.75) is 6.54 Å². The molecule has 0 saturated carbocycles. The first kappa shape index (κ1) is 11.1. The zero-order valence-corrected chi connectivity index (χ0v) is 6.90. The quantitative estimate of drug-likeness (QED) is 0.464. The normalized spacial score (nSPS) is 8.58. The van der Waals surface area contributed by atoms with Crippen LogP contribution in [0, 0.1) is 0 Å². The molecule has 12 heavy (non-hydrogen) atoms. The van der Waals surface area contributed by atoms with Gasteiger partial charge in [0.25, 0.3) is 0 Å². The van der Waals surface area contributed by atoms with Crippen LogP contribution < -0.4 is 5.32 Å². The van der Waals surface area contributed by atoms with Gasteiger partial charge in [-0.05, 0) is 12.6 Å². The zero-order chi connectivity index (χ0) is 9.23. The molecule has 0 bridgehead atoms. The average molecular weight is 171 g/mol. The van der Waals surface area contributed by atoms with Crippen molar-refractivity contribution >= 4 is 0 Å². The number of rotatable bonds is 2. The Kier molecular flexibility index (Phi) is 7.52. The Morgan fingerprint density at radius 2 is 1.75 bits per heavy atom. The van der Waals surface area contributed by atoms with Gasteiger partial charge in [-0.1, -0.05) is 35.4 Å². The summed E-state index contributed by atoms with van der Waals surface area (Å²) in [7, 11) is 1.95. The molecule has 1 rings (SSSR count). The Hall–Kier alpha value is -0.940. The predicted molar refractivity (Wildman–Crippen MR) is 45.5 cm³/mol. The van der Waals surface area contributed by atoms with E-state index in [1.165, 1.54) is 5.56 Å². The molecular weight excluding hydrogens is 158 g/mol. The molecule has 0 aliphatic heterocycles. The number of nitrogens with one attached hydrogen (secondary N) is 1. The van der Waals surface area contributed by atoms with Crippen molar-refractivity contribution in [3.05, 3.63) is 35.9 Å². The van der Waals surface area contributed by atoms with E-state index in [1.807, 2.05) is 25.2 Å². The van der Waals surface area contributed by atoms with Crippen LogP contribution in [0.3, 0.4) is 0 Å². The van der Waals surface area contributed by atoms with Crippen molar-refractivity contribution in [2.24, 2.45) is 0 Å². The smallest absolute Gasteiger partial charge is 0.0202 e. The molecule has 0 heterocycles. The van der Waals surface area contributed by atoms with Crippen LogP contribution in [-0.2, 0) is 11.6 Å². The van der Waals surface area contributed by atoms with Gasteiger partial charge in [-0.25, -0.2) is 10.5 Å². The van der Waals surface area contributed by atoms with Crippen molar-refractivity contribution in [2.75, 3.05) is 7.05 Å². The van der Waals surface area contributed by atoms with Gasteiger partial charge in [0.15, 0.2) is 0 Å². The van der Waals surface area contributed by atoms with E-state index in [-0.39, 0.29) is 0 Å². The molecule has 0 radical (unpaired) electrons. The third kappa shape index (κ3) is 5.82. The zero-order valence-electron chi connectivity index (χ0n) is 6.90. The lowest BCUT2D eigenvalue weighted by Gasteiger charge is -1.95.